The van der Waals surface area contributed by atoms with Crippen molar-refractivity contribution in [3.63, 3.8) is 0 Å². The molecule has 2 saturated heterocycles. The van der Waals surface area contributed by atoms with Crippen LogP contribution in [0.3, 0.4) is 0 Å². The minimum absolute atomic E-state index is 0.358. The molecule has 4 rings (SSSR count). The standard InChI is InChI=1S/C20H27N5O2/c1-16-22-18(24(2)10-5-17-3-8-21-9-4-17)15-19(23-16)25-11-6-20(7-12-25)26-13-14-27-20/h3-4,8-9,15H,5-7,10-14H2,1-2H3. The fraction of sp³-hybridized carbons (Fsp3) is 0.550. The van der Waals surface area contributed by atoms with Gasteiger partial charge in [-0.3, -0.25) is 4.98 Å². The molecule has 1 spiro atoms. The van der Waals surface area contributed by atoms with Crippen LogP contribution in [0.1, 0.15) is 24.2 Å². The molecule has 2 aliphatic heterocycles. The highest BCUT2D eigenvalue weighted by molar-refractivity contribution is 5.51. The van der Waals surface area contributed by atoms with Crippen molar-refractivity contribution in [3.05, 3.63) is 42.0 Å². The second-order valence-corrected chi connectivity index (χ2v) is 7.25. The van der Waals surface area contributed by atoms with E-state index < -0.39 is 0 Å². The van der Waals surface area contributed by atoms with E-state index in [0.29, 0.717) is 13.2 Å². The molecule has 0 saturated carbocycles. The van der Waals surface area contributed by atoms with Crippen molar-refractivity contribution in [2.24, 2.45) is 0 Å². The summed E-state index contributed by atoms with van der Waals surface area (Å²) in [5.41, 5.74) is 1.28. The summed E-state index contributed by atoms with van der Waals surface area (Å²) in [5.74, 6) is 2.39. The molecule has 7 nitrogen and oxygen atoms in total. The van der Waals surface area contributed by atoms with Crippen LogP contribution >= 0.6 is 0 Å². The first kappa shape index (κ1) is 18.1. The number of piperidine rings is 1. The highest BCUT2D eigenvalue weighted by Gasteiger charge is 2.40. The van der Waals surface area contributed by atoms with Crippen LogP contribution in [0.5, 0.6) is 0 Å². The zero-order valence-corrected chi connectivity index (χ0v) is 16.1. The van der Waals surface area contributed by atoms with Gasteiger partial charge in [0.2, 0.25) is 0 Å². The molecule has 0 aliphatic carbocycles. The third kappa shape index (κ3) is 4.20. The molecule has 4 heterocycles. The first-order chi connectivity index (χ1) is 13.1. The molecule has 2 aromatic rings. The summed E-state index contributed by atoms with van der Waals surface area (Å²) < 4.78 is 11.7. The van der Waals surface area contributed by atoms with Crippen molar-refractivity contribution in [2.45, 2.75) is 32.0 Å². The molecule has 0 unspecified atom stereocenters. The molecule has 27 heavy (non-hydrogen) atoms. The Morgan fingerprint density at radius 2 is 1.81 bits per heavy atom. The Labute approximate surface area is 160 Å². The molecular weight excluding hydrogens is 342 g/mol. The maximum Gasteiger partial charge on any atom is 0.171 e. The van der Waals surface area contributed by atoms with E-state index in [1.807, 2.05) is 19.3 Å². The summed E-state index contributed by atoms with van der Waals surface area (Å²) in [7, 11) is 2.08. The molecular formula is C20H27N5O2. The summed E-state index contributed by atoms with van der Waals surface area (Å²) >= 11 is 0. The Balaban J connectivity index is 1.42. The molecule has 7 heteroatoms. The molecule has 0 amide bonds. The Kier molecular flexibility index (Phi) is 5.22. The highest BCUT2D eigenvalue weighted by Crippen LogP contribution is 2.33. The number of likely N-dealkylation sites (N-methyl/N-ethyl adjacent to an activating group) is 1. The fourth-order valence-corrected chi connectivity index (χ4v) is 3.72. The number of anilines is 2. The van der Waals surface area contributed by atoms with E-state index in [1.165, 1.54) is 5.56 Å². The minimum Gasteiger partial charge on any atom is -0.359 e. The van der Waals surface area contributed by atoms with Crippen LogP contribution in [-0.2, 0) is 15.9 Å². The molecule has 2 aromatic heterocycles. The molecule has 0 N–H and O–H groups in total. The normalized spacial score (nSPS) is 18.8. The van der Waals surface area contributed by atoms with Crippen LogP contribution < -0.4 is 9.80 Å². The number of hydrogen-bond acceptors (Lipinski definition) is 7. The number of ether oxygens (including phenoxy) is 2. The van der Waals surface area contributed by atoms with E-state index in [4.69, 9.17) is 9.47 Å². The summed E-state index contributed by atoms with van der Waals surface area (Å²) in [6.45, 7) is 6.04. The molecule has 0 radical (unpaired) electrons. The molecule has 0 atom stereocenters. The molecule has 0 aromatic carbocycles. The van der Waals surface area contributed by atoms with Gasteiger partial charge in [-0.15, -0.1) is 0 Å². The largest absolute Gasteiger partial charge is 0.359 e. The van der Waals surface area contributed by atoms with Gasteiger partial charge in [0.15, 0.2) is 5.79 Å². The first-order valence-corrected chi connectivity index (χ1v) is 9.62. The van der Waals surface area contributed by atoms with Gasteiger partial charge in [-0.25, -0.2) is 9.97 Å². The molecule has 144 valence electrons. The lowest BCUT2D eigenvalue weighted by Crippen LogP contribution is -2.45. The van der Waals surface area contributed by atoms with Crippen LogP contribution in [-0.4, -0.2) is 60.6 Å². The molecule has 2 aliphatic rings. The van der Waals surface area contributed by atoms with Gasteiger partial charge >= 0.3 is 0 Å². The van der Waals surface area contributed by atoms with Crippen LogP contribution in [0.4, 0.5) is 11.6 Å². The van der Waals surface area contributed by atoms with Crippen LogP contribution in [0, 0.1) is 6.92 Å². The van der Waals surface area contributed by atoms with Gasteiger partial charge in [-0.1, -0.05) is 0 Å². The Bertz CT molecular complexity index is 754. The molecule has 0 bridgehead atoms. The lowest BCUT2D eigenvalue weighted by Gasteiger charge is -2.38. The average Bonchev–Trinajstić information content (AvgIpc) is 3.15. The van der Waals surface area contributed by atoms with Gasteiger partial charge in [0.05, 0.1) is 13.2 Å². The predicted octanol–water partition coefficient (Wildman–Crippen LogP) is 2.20. The van der Waals surface area contributed by atoms with Crippen molar-refractivity contribution in [3.8, 4) is 0 Å². The Hall–Kier alpha value is -2.25. The van der Waals surface area contributed by atoms with Gasteiger partial charge in [-0.2, -0.15) is 0 Å². The number of nitrogens with zero attached hydrogens (tertiary/aromatic N) is 5. The maximum atomic E-state index is 5.83. The second kappa shape index (κ2) is 7.78. The smallest absolute Gasteiger partial charge is 0.171 e. The third-order valence-corrected chi connectivity index (χ3v) is 5.35. The van der Waals surface area contributed by atoms with E-state index in [-0.39, 0.29) is 5.79 Å². The predicted molar refractivity (Wildman–Crippen MR) is 104 cm³/mol. The number of rotatable bonds is 5. The van der Waals surface area contributed by atoms with E-state index in [1.54, 1.807) is 0 Å². The van der Waals surface area contributed by atoms with E-state index >= 15 is 0 Å². The Morgan fingerprint density at radius 1 is 1.11 bits per heavy atom. The van der Waals surface area contributed by atoms with Crippen molar-refractivity contribution < 1.29 is 9.47 Å². The van der Waals surface area contributed by atoms with Gasteiger partial charge < -0.3 is 19.3 Å². The lowest BCUT2D eigenvalue weighted by molar-refractivity contribution is -0.169. The fourth-order valence-electron chi connectivity index (χ4n) is 3.72. The summed E-state index contributed by atoms with van der Waals surface area (Å²) in [4.78, 5) is 17.9. The van der Waals surface area contributed by atoms with Gasteiger partial charge in [-0.05, 0) is 31.0 Å². The number of pyridine rings is 1. The van der Waals surface area contributed by atoms with Crippen molar-refractivity contribution >= 4 is 11.6 Å². The number of hydrogen-bond donors (Lipinski definition) is 0. The topological polar surface area (TPSA) is 63.6 Å². The van der Waals surface area contributed by atoms with E-state index in [0.717, 1.165) is 56.4 Å². The minimum atomic E-state index is -0.358. The number of aromatic nitrogens is 3. The zero-order valence-electron chi connectivity index (χ0n) is 16.1. The third-order valence-electron chi connectivity index (χ3n) is 5.35. The molecule has 2 fully saturated rings. The highest BCUT2D eigenvalue weighted by atomic mass is 16.7. The van der Waals surface area contributed by atoms with Crippen molar-refractivity contribution in [2.75, 3.05) is 49.7 Å². The zero-order chi connectivity index (χ0) is 18.7. The second-order valence-electron chi connectivity index (χ2n) is 7.25. The lowest BCUT2D eigenvalue weighted by atomic mass is 10.0. The average molecular weight is 369 g/mol. The Morgan fingerprint density at radius 3 is 2.52 bits per heavy atom. The number of aryl methyl sites for hydroxylation is 1. The van der Waals surface area contributed by atoms with Crippen molar-refractivity contribution in [1.82, 2.24) is 15.0 Å². The van der Waals surface area contributed by atoms with Crippen LogP contribution in [0.15, 0.2) is 30.6 Å². The van der Waals surface area contributed by atoms with Crippen LogP contribution in [0.25, 0.3) is 0 Å². The van der Waals surface area contributed by atoms with E-state index in [2.05, 4.69) is 50.0 Å². The SMILES string of the molecule is Cc1nc(N(C)CCc2ccncc2)cc(N2CCC3(CC2)OCCO3)n1. The van der Waals surface area contributed by atoms with Crippen LogP contribution in [0.2, 0.25) is 0 Å². The van der Waals surface area contributed by atoms with Crippen molar-refractivity contribution in [1.29, 1.82) is 0 Å². The van der Waals surface area contributed by atoms with E-state index in [9.17, 15) is 0 Å². The maximum absolute atomic E-state index is 5.83. The first-order valence-electron chi connectivity index (χ1n) is 9.62. The summed E-state index contributed by atoms with van der Waals surface area (Å²) in [6.07, 6.45) is 6.39. The van der Waals surface area contributed by atoms with Gasteiger partial charge in [0, 0.05) is 58.0 Å². The summed E-state index contributed by atoms with van der Waals surface area (Å²) in [6, 6.07) is 6.20. The quantitative estimate of drug-likeness (QED) is 0.800. The monoisotopic (exact) mass is 369 g/mol. The summed E-state index contributed by atoms with van der Waals surface area (Å²) in [5, 5.41) is 0. The van der Waals surface area contributed by atoms with Gasteiger partial charge in [0.25, 0.3) is 0 Å². The van der Waals surface area contributed by atoms with Gasteiger partial charge in [0.1, 0.15) is 17.5 Å².